The van der Waals surface area contributed by atoms with Gasteiger partial charge in [-0.3, -0.25) is 4.79 Å². The number of methoxy groups -OCH3 is 2. The molecule has 0 aliphatic rings. The third kappa shape index (κ3) is 5.82. The molecule has 0 atom stereocenters. The van der Waals surface area contributed by atoms with Crippen LogP contribution in [0.25, 0.3) is 11.3 Å². The number of hydrogen-bond acceptors (Lipinski definition) is 7. The van der Waals surface area contributed by atoms with Crippen molar-refractivity contribution < 1.29 is 22.7 Å². The number of nitrogens with zero attached hydrogens (tertiary/aromatic N) is 3. The third-order valence-corrected chi connectivity index (χ3v) is 5.70. The van der Waals surface area contributed by atoms with Crippen molar-refractivity contribution in [1.29, 1.82) is 0 Å². The van der Waals surface area contributed by atoms with E-state index in [1.807, 2.05) is 18.2 Å². The number of hydrogen-bond donors (Lipinski definition) is 1. The molecular weight excluding hydrogens is 420 g/mol. The Morgan fingerprint density at radius 1 is 1.10 bits per heavy atom. The number of rotatable bonds is 9. The second kappa shape index (κ2) is 9.61. The Morgan fingerprint density at radius 2 is 1.87 bits per heavy atom. The summed E-state index contributed by atoms with van der Waals surface area (Å²) < 4.78 is 35.4. The van der Waals surface area contributed by atoms with Gasteiger partial charge < -0.3 is 14.8 Å². The molecule has 0 saturated carbocycles. The molecule has 0 bridgehead atoms. The van der Waals surface area contributed by atoms with Gasteiger partial charge in [0, 0.05) is 18.4 Å². The molecule has 1 N–H and O–H groups in total. The Morgan fingerprint density at radius 3 is 2.58 bits per heavy atom. The number of amides is 1. The summed E-state index contributed by atoms with van der Waals surface area (Å²) in [6.45, 7) is 0.455. The Kier molecular flexibility index (Phi) is 6.91. The van der Waals surface area contributed by atoms with Gasteiger partial charge in [-0.25, -0.2) is 13.1 Å². The molecule has 164 valence electrons. The highest BCUT2D eigenvalue weighted by Gasteiger charge is 2.12. The van der Waals surface area contributed by atoms with Crippen LogP contribution in [0.3, 0.4) is 0 Å². The maximum atomic E-state index is 12.2. The van der Waals surface area contributed by atoms with E-state index < -0.39 is 9.84 Å². The van der Waals surface area contributed by atoms with Crippen LogP contribution in [0, 0.1) is 0 Å². The summed E-state index contributed by atoms with van der Waals surface area (Å²) in [6, 6.07) is 12.1. The van der Waals surface area contributed by atoms with Crippen molar-refractivity contribution in [3.8, 4) is 22.8 Å². The summed E-state index contributed by atoms with van der Waals surface area (Å²) in [6.07, 6.45) is 3.39. The van der Waals surface area contributed by atoms with E-state index in [1.165, 1.54) is 16.8 Å². The summed E-state index contributed by atoms with van der Waals surface area (Å²) in [4.78, 5) is 12.4. The first-order valence-corrected chi connectivity index (χ1v) is 11.4. The van der Waals surface area contributed by atoms with Gasteiger partial charge in [0.15, 0.2) is 21.3 Å². The maximum Gasteiger partial charge on any atom is 0.241 e. The van der Waals surface area contributed by atoms with Crippen LogP contribution in [0.2, 0.25) is 0 Å². The summed E-state index contributed by atoms with van der Waals surface area (Å²) in [5.74, 6) is 1.09. The first-order valence-electron chi connectivity index (χ1n) is 9.48. The number of benzene rings is 2. The monoisotopic (exact) mass is 444 g/mol. The summed E-state index contributed by atoms with van der Waals surface area (Å²) in [5, 5.41) is 10.8. The molecule has 1 aromatic heterocycles. The molecule has 3 aromatic rings. The second-order valence-corrected chi connectivity index (χ2v) is 8.91. The number of sulfone groups is 1. The van der Waals surface area contributed by atoms with E-state index in [2.05, 4.69) is 15.6 Å². The first kappa shape index (κ1) is 22.3. The molecule has 0 fully saturated rings. The van der Waals surface area contributed by atoms with E-state index in [-0.39, 0.29) is 17.3 Å². The van der Waals surface area contributed by atoms with Gasteiger partial charge in [0.2, 0.25) is 5.91 Å². The van der Waals surface area contributed by atoms with E-state index in [1.54, 1.807) is 32.5 Å². The molecular formula is C21H24N4O5S. The van der Waals surface area contributed by atoms with Gasteiger partial charge in [0.1, 0.15) is 12.2 Å². The lowest BCUT2D eigenvalue weighted by Gasteiger charge is -2.10. The minimum atomic E-state index is -3.32. The number of ether oxygens (including phenoxy) is 2. The van der Waals surface area contributed by atoms with E-state index in [0.29, 0.717) is 35.7 Å². The predicted octanol–water partition coefficient (Wildman–Crippen LogP) is 1.72. The minimum Gasteiger partial charge on any atom is -0.493 e. The average Bonchev–Trinajstić information content (AvgIpc) is 3.21. The van der Waals surface area contributed by atoms with Crippen LogP contribution in [0.5, 0.6) is 11.5 Å². The number of carbonyl (C=O) groups excluding carboxylic acids is 1. The Balaban J connectivity index is 1.56. The van der Waals surface area contributed by atoms with Crippen molar-refractivity contribution in [3.63, 3.8) is 0 Å². The molecule has 31 heavy (non-hydrogen) atoms. The zero-order valence-electron chi connectivity index (χ0n) is 17.5. The van der Waals surface area contributed by atoms with Crippen molar-refractivity contribution in [3.05, 3.63) is 54.2 Å². The van der Waals surface area contributed by atoms with Crippen molar-refractivity contribution >= 4 is 15.7 Å². The van der Waals surface area contributed by atoms with Gasteiger partial charge in [0.25, 0.3) is 0 Å². The summed E-state index contributed by atoms with van der Waals surface area (Å²) in [5.41, 5.74) is 2.11. The van der Waals surface area contributed by atoms with Crippen molar-refractivity contribution in [2.45, 2.75) is 17.9 Å². The van der Waals surface area contributed by atoms with Crippen LogP contribution in [-0.4, -0.2) is 56.3 Å². The zero-order valence-corrected chi connectivity index (χ0v) is 18.3. The Hall–Kier alpha value is -3.40. The van der Waals surface area contributed by atoms with Gasteiger partial charge in [-0.1, -0.05) is 23.4 Å². The predicted molar refractivity (Wildman–Crippen MR) is 115 cm³/mol. The van der Waals surface area contributed by atoms with E-state index in [9.17, 15) is 13.2 Å². The molecule has 2 aromatic carbocycles. The topological polar surface area (TPSA) is 112 Å². The van der Waals surface area contributed by atoms with E-state index in [0.717, 1.165) is 11.8 Å². The average molecular weight is 445 g/mol. The number of aromatic nitrogens is 3. The number of nitrogens with one attached hydrogen (secondary N) is 1. The van der Waals surface area contributed by atoms with Gasteiger partial charge >= 0.3 is 0 Å². The molecule has 0 spiro atoms. The van der Waals surface area contributed by atoms with Crippen LogP contribution in [0.4, 0.5) is 0 Å². The van der Waals surface area contributed by atoms with Crippen molar-refractivity contribution in [2.24, 2.45) is 0 Å². The fourth-order valence-electron chi connectivity index (χ4n) is 2.98. The van der Waals surface area contributed by atoms with Gasteiger partial charge in [-0.05, 0) is 36.2 Å². The smallest absolute Gasteiger partial charge is 0.241 e. The lowest BCUT2D eigenvalue weighted by Crippen LogP contribution is -2.29. The van der Waals surface area contributed by atoms with Crippen LogP contribution >= 0.6 is 0 Å². The molecule has 9 nitrogen and oxygen atoms in total. The fraction of sp³-hybridized carbons (Fsp3) is 0.286. The number of carbonyl (C=O) groups is 1. The van der Waals surface area contributed by atoms with Gasteiger partial charge in [-0.2, -0.15) is 0 Å². The van der Waals surface area contributed by atoms with Gasteiger partial charge in [0.05, 0.1) is 25.3 Å². The highest BCUT2D eigenvalue weighted by atomic mass is 32.2. The molecule has 0 aliphatic heterocycles. The zero-order chi connectivity index (χ0) is 22.4. The molecule has 0 aliphatic carbocycles. The lowest BCUT2D eigenvalue weighted by atomic mass is 10.1. The third-order valence-electron chi connectivity index (χ3n) is 4.59. The molecule has 0 saturated heterocycles. The molecule has 0 radical (unpaired) electrons. The molecule has 1 amide bonds. The normalized spacial score (nSPS) is 11.2. The fourth-order valence-corrected chi connectivity index (χ4v) is 3.65. The van der Waals surface area contributed by atoms with Crippen LogP contribution in [0.15, 0.2) is 53.6 Å². The van der Waals surface area contributed by atoms with Crippen LogP contribution in [-0.2, 0) is 27.6 Å². The first-order chi connectivity index (χ1) is 14.8. The van der Waals surface area contributed by atoms with Crippen LogP contribution in [0.1, 0.15) is 5.56 Å². The van der Waals surface area contributed by atoms with E-state index in [4.69, 9.17) is 9.47 Å². The molecule has 0 unspecified atom stereocenters. The second-order valence-electron chi connectivity index (χ2n) is 6.89. The van der Waals surface area contributed by atoms with Crippen molar-refractivity contribution in [1.82, 2.24) is 20.3 Å². The highest BCUT2D eigenvalue weighted by molar-refractivity contribution is 7.90. The Bertz CT molecular complexity index is 1170. The maximum absolute atomic E-state index is 12.2. The van der Waals surface area contributed by atoms with Crippen molar-refractivity contribution in [2.75, 3.05) is 27.0 Å². The molecule has 10 heteroatoms. The van der Waals surface area contributed by atoms with E-state index >= 15 is 0 Å². The lowest BCUT2D eigenvalue weighted by molar-refractivity contribution is -0.121. The van der Waals surface area contributed by atoms with Gasteiger partial charge in [-0.15, -0.1) is 5.10 Å². The van der Waals surface area contributed by atoms with Crippen LogP contribution < -0.4 is 14.8 Å². The summed E-state index contributed by atoms with van der Waals surface area (Å²) >= 11 is 0. The molecule has 1 heterocycles. The largest absolute Gasteiger partial charge is 0.493 e. The standard InChI is InChI=1S/C21H24N4O5S/c1-29-19-8-7-15(11-20(19)30-2)9-10-22-21(26)14-25-13-18(23-24-25)16-5-4-6-17(12-16)31(3,27)28/h4-8,11-13H,9-10,14H2,1-3H3,(H,22,26). The summed E-state index contributed by atoms with van der Waals surface area (Å²) in [7, 11) is -0.166. The quantitative estimate of drug-likeness (QED) is 0.535. The Labute approximate surface area is 180 Å². The highest BCUT2D eigenvalue weighted by Crippen LogP contribution is 2.27. The minimum absolute atomic E-state index is 0.00466. The molecule has 3 rings (SSSR count). The SMILES string of the molecule is COc1ccc(CCNC(=O)Cn2cc(-c3cccc(S(C)(=O)=O)c3)nn2)cc1OC.